The fourth-order valence-electron chi connectivity index (χ4n) is 3.73. The number of hydrogen-bond donors (Lipinski definition) is 2. The molecule has 1 fully saturated rings. The molecule has 0 saturated carbocycles. The van der Waals surface area contributed by atoms with Gasteiger partial charge in [-0.25, -0.2) is 4.79 Å². The third kappa shape index (κ3) is 6.57. The number of carbonyl (C=O) groups is 1. The molecule has 5 heteroatoms. The molecule has 1 saturated heterocycles. The van der Waals surface area contributed by atoms with Gasteiger partial charge >= 0.3 is 5.97 Å². The Hall–Kier alpha value is -1.10. The topological polar surface area (TPSA) is 60.8 Å². The summed E-state index contributed by atoms with van der Waals surface area (Å²) in [6.07, 6.45) is 7.83. The summed E-state index contributed by atoms with van der Waals surface area (Å²) in [5.41, 5.74) is 1.47. The fourth-order valence-corrected chi connectivity index (χ4v) is 4.12. The molecule has 4 nitrogen and oxygen atoms in total. The minimum absolute atomic E-state index is 0.158. The van der Waals surface area contributed by atoms with E-state index in [2.05, 4.69) is 11.8 Å². The third-order valence-corrected chi connectivity index (χ3v) is 5.91. The van der Waals surface area contributed by atoms with E-state index < -0.39 is 5.97 Å². The number of carboxylic acid groups (broad SMARTS) is 1. The quantitative estimate of drug-likeness (QED) is 0.442. The summed E-state index contributed by atoms with van der Waals surface area (Å²) >= 11 is 6.54. The highest BCUT2D eigenvalue weighted by molar-refractivity contribution is 6.21. The average molecular weight is 382 g/mol. The minimum Gasteiger partial charge on any atom is -0.478 e. The SMILES string of the molecule is CCCCC[C@H](O)CCN1CC[C@@H](Cl)[C@@H]1CCc1ccc(C(=O)O)cc1. The van der Waals surface area contributed by atoms with Gasteiger partial charge in [0.05, 0.1) is 17.0 Å². The molecule has 0 unspecified atom stereocenters. The molecular weight excluding hydrogens is 350 g/mol. The van der Waals surface area contributed by atoms with Gasteiger partial charge in [-0.05, 0) is 56.3 Å². The third-order valence-electron chi connectivity index (χ3n) is 5.40. The smallest absolute Gasteiger partial charge is 0.335 e. The van der Waals surface area contributed by atoms with Crippen LogP contribution in [0.25, 0.3) is 0 Å². The molecule has 1 heterocycles. The number of aliphatic hydroxyl groups is 1. The molecule has 0 radical (unpaired) electrons. The van der Waals surface area contributed by atoms with Crippen molar-refractivity contribution in [2.75, 3.05) is 13.1 Å². The van der Waals surface area contributed by atoms with Crippen molar-refractivity contribution in [3.8, 4) is 0 Å². The van der Waals surface area contributed by atoms with Crippen LogP contribution in [0, 0.1) is 0 Å². The molecule has 3 atom stereocenters. The number of carboxylic acids is 1. The van der Waals surface area contributed by atoms with Crippen LogP contribution in [0.2, 0.25) is 0 Å². The number of hydrogen-bond acceptors (Lipinski definition) is 3. The van der Waals surface area contributed by atoms with Crippen LogP contribution in [0.4, 0.5) is 0 Å². The lowest BCUT2D eigenvalue weighted by Gasteiger charge is -2.27. The normalized spacial score (nSPS) is 21.8. The molecule has 0 bridgehead atoms. The first-order valence-electron chi connectivity index (χ1n) is 9.89. The van der Waals surface area contributed by atoms with Gasteiger partial charge in [0, 0.05) is 12.6 Å². The Balaban J connectivity index is 1.79. The highest BCUT2D eigenvalue weighted by atomic mass is 35.5. The molecule has 1 aliphatic heterocycles. The summed E-state index contributed by atoms with van der Waals surface area (Å²) < 4.78 is 0. The molecule has 146 valence electrons. The first-order chi connectivity index (χ1) is 12.5. The van der Waals surface area contributed by atoms with E-state index in [1.54, 1.807) is 12.1 Å². The zero-order chi connectivity index (χ0) is 18.9. The number of halogens is 1. The fraction of sp³-hybridized carbons (Fsp3) is 0.667. The summed E-state index contributed by atoms with van der Waals surface area (Å²) in [6, 6.07) is 7.44. The van der Waals surface area contributed by atoms with Crippen LogP contribution in [-0.4, -0.2) is 51.7 Å². The number of nitrogens with zero attached hydrogens (tertiary/aromatic N) is 1. The Labute approximate surface area is 162 Å². The number of aryl methyl sites for hydroxylation is 1. The van der Waals surface area contributed by atoms with Crippen LogP contribution in [-0.2, 0) is 6.42 Å². The van der Waals surface area contributed by atoms with Crippen LogP contribution in [0.1, 0.15) is 67.8 Å². The zero-order valence-electron chi connectivity index (χ0n) is 15.7. The molecule has 0 spiro atoms. The van der Waals surface area contributed by atoms with Crippen LogP contribution in [0.3, 0.4) is 0 Å². The number of rotatable bonds is 11. The predicted molar refractivity (Wildman–Crippen MR) is 106 cm³/mol. The number of benzene rings is 1. The van der Waals surface area contributed by atoms with E-state index in [4.69, 9.17) is 16.7 Å². The van der Waals surface area contributed by atoms with Gasteiger partial charge in [0.2, 0.25) is 0 Å². The lowest BCUT2D eigenvalue weighted by Crippen LogP contribution is -2.35. The van der Waals surface area contributed by atoms with Crippen LogP contribution in [0.5, 0.6) is 0 Å². The van der Waals surface area contributed by atoms with Crippen molar-refractivity contribution < 1.29 is 15.0 Å². The maximum Gasteiger partial charge on any atom is 0.335 e. The van der Waals surface area contributed by atoms with E-state index in [0.717, 1.165) is 57.2 Å². The van der Waals surface area contributed by atoms with Crippen molar-refractivity contribution in [3.63, 3.8) is 0 Å². The standard InChI is InChI=1S/C21H32ClNO3/c1-2-3-4-5-18(24)12-14-23-15-13-19(22)20(23)11-8-16-6-9-17(10-7-16)21(25)26/h6-7,9-10,18-20,24H,2-5,8,11-15H2,1H3,(H,25,26)/t18-,19+,20-/m0/s1. The van der Waals surface area contributed by atoms with Crippen LogP contribution < -0.4 is 0 Å². The molecule has 2 rings (SSSR count). The lowest BCUT2D eigenvalue weighted by molar-refractivity contribution is 0.0697. The molecular formula is C21H32ClNO3. The summed E-state index contributed by atoms with van der Waals surface area (Å²) in [4.78, 5) is 13.4. The second-order valence-electron chi connectivity index (χ2n) is 7.39. The highest BCUT2D eigenvalue weighted by Gasteiger charge is 2.32. The molecule has 26 heavy (non-hydrogen) atoms. The van der Waals surface area contributed by atoms with Gasteiger partial charge in [0.1, 0.15) is 0 Å². The summed E-state index contributed by atoms with van der Waals surface area (Å²) in [5, 5.41) is 19.3. The number of aromatic carboxylic acids is 1. The predicted octanol–water partition coefficient (Wildman–Crippen LogP) is 4.33. The molecule has 0 aromatic heterocycles. The maximum absolute atomic E-state index is 10.9. The Morgan fingerprint density at radius 1 is 1.27 bits per heavy atom. The van der Waals surface area contributed by atoms with Crippen molar-refractivity contribution in [2.45, 2.75) is 75.8 Å². The van der Waals surface area contributed by atoms with Crippen LogP contribution in [0.15, 0.2) is 24.3 Å². The summed E-state index contributed by atoms with van der Waals surface area (Å²) in [7, 11) is 0. The van der Waals surface area contributed by atoms with Crippen molar-refractivity contribution in [2.24, 2.45) is 0 Å². The molecule has 1 aromatic carbocycles. The Morgan fingerprint density at radius 2 is 2.00 bits per heavy atom. The first-order valence-corrected chi connectivity index (χ1v) is 10.3. The van der Waals surface area contributed by atoms with Crippen molar-refractivity contribution in [1.82, 2.24) is 4.90 Å². The van der Waals surface area contributed by atoms with Crippen molar-refractivity contribution >= 4 is 17.6 Å². The number of unbranched alkanes of at least 4 members (excludes halogenated alkanes) is 2. The molecule has 0 aliphatic carbocycles. The van der Waals surface area contributed by atoms with Gasteiger partial charge in [0.15, 0.2) is 0 Å². The maximum atomic E-state index is 10.9. The Bertz CT molecular complexity index is 549. The van der Waals surface area contributed by atoms with Gasteiger partial charge in [-0.15, -0.1) is 11.6 Å². The highest BCUT2D eigenvalue weighted by Crippen LogP contribution is 2.27. The van der Waals surface area contributed by atoms with E-state index in [1.807, 2.05) is 12.1 Å². The molecule has 0 amide bonds. The Morgan fingerprint density at radius 3 is 2.65 bits per heavy atom. The second-order valence-corrected chi connectivity index (χ2v) is 7.95. The number of likely N-dealkylation sites (tertiary alicyclic amines) is 1. The van der Waals surface area contributed by atoms with Crippen LogP contribution >= 0.6 is 11.6 Å². The zero-order valence-corrected chi connectivity index (χ0v) is 16.5. The van der Waals surface area contributed by atoms with Crippen molar-refractivity contribution in [3.05, 3.63) is 35.4 Å². The minimum atomic E-state index is -0.892. The van der Waals surface area contributed by atoms with Gasteiger partial charge < -0.3 is 10.2 Å². The first kappa shape index (κ1) is 21.2. The van der Waals surface area contributed by atoms with E-state index in [1.165, 1.54) is 12.8 Å². The second kappa shape index (κ2) is 10.9. The van der Waals surface area contributed by atoms with Gasteiger partial charge in [-0.3, -0.25) is 4.90 Å². The van der Waals surface area contributed by atoms with E-state index >= 15 is 0 Å². The number of aliphatic hydroxyl groups excluding tert-OH is 1. The molecule has 1 aromatic rings. The van der Waals surface area contributed by atoms with E-state index in [-0.39, 0.29) is 11.5 Å². The summed E-state index contributed by atoms with van der Waals surface area (Å²) in [6.45, 7) is 4.08. The average Bonchev–Trinajstić information content (AvgIpc) is 2.98. The van der Waals surface area contributed by atoms with E-state index in [9.17, 15) is 9.90 Å². The summed E-state index contributed by atoms with van der Waals surface area (Å²) in [5.74, 6) is -0.892. The largest absolute Gasteiger partial charge is 0.478 e. The van der Waals surface area contributed by atoms with Crippen molar-refractivity contribution in [1.29, 1.82) is 0 Å². The van der Waals surface area contributed by atoms with Gasteiger partial charge in [-0.2, -0.15) is 0 Å². The molecule has 2 N–H and O–H groups in total. The Kier molecular flexibility index (Phi) is 8.89. The monoisotopic (exact) mass is 381 g/mol. The number of alkyl halides is 1. The lowest BCUT2D eigenvalue weighted by atomic mass is 10.0. The molecule has 1 aliphatic rings. The van der Waals surface area contributed by atoms with E-state index in [0.29, 0.717) is 11.6 Å². The van der Waals surface area contributed by atoms with Gasteiger partial charge in [-0.1, -0.05) is 38.3 Å². The van der Waals surface area contributed by atoms with Gasteiger partial charge in [0.25, 0.3) is 0 Å².